The van der Waals surface area contributed by atoms with Crippen LogP contribution < -0.4 is 10.5 Å². The van der Waals surface area contributed by atoms with E-state index in [4.69, 9.17) is 15.2 Å². The lowest BCUT2D eigenvalue weighted by Crippen LogP contribution is -2.08. The number of anilines is 1. The average Bonchev–Trinajstić information content (AvgIpc) is 2.40. The lowest BCUT2D eigenvalue weighted by atomic mass is 10.1. The van der Waals surface area contributed by atoms with Crippen molar-refractivity contribution in [3.8, 4) is 11.5 Å². The number of benzene rings is 2. The second-order valence-electron chi connectivity index (χ2n) is 4.15. The van der Waals surface area contributed by atoms with E-state index < -0.39 is 17.6 Å². The average molecular weight is 293 g/mol. The van der Waals surface area contributed by atoms with Crippen LogP contribution in [-0.2, 0) is 4.74 Å². The molecule has 21 heavy (non-hydrogen) atoms. The van der Waals surface area contributed by atoms with Gasteiger partial charge in [0.1, 0.15) is 22.9 Å². The molecule has 0 atom stereocenters. The molecule has 0 bridgehead atoms. The number of carbonyl (C=O) groups excluding carboxylic acids is 1. The van der Waals surface area contributed by atoms with E-state index in [2.05, 4.69) is 0 Å². The minimum atomic E-state index is -0.794. The van der Waals surface area contributed by atoms with Gasteiger partial charge in [0.25, 0.3) is 0 Å². The molecule has 2 aromatic rings. The van der Waals surface area contributed by atoms with Crippen LogP contribution in [0.5, 0.6) is 11.5 Å². The first-order chi connectivity index (χ1) is 10.0. The number of esters is 1. The monoisotopic (exact) mass is 293 g/mol. The predicted octanol–water partition coefficient (Wildman–Crippen LogP) is 3.52. The normalized spacial score (nSPS) is 10.2. The highest BCUT2D eigenvalue weighted by atomic mass is 19.1. The smallest absolute Gasteiger partial charge is 0.342 e. The van der Waals surface area contributed by atoms with Crippen LogP contribution >= 0.6 is 0 Å². The van der Waals surface area contributed by atoms with E-state index >= 15 is 0 Å². The van der Waals surface area contributed by atoms with Gasteiger partial charge in [0, 0.05) is 18.2 Å². The number of halogens is 2. The Bertz CT molecular complexity index is 654. The molecule has 0 spiro atoms. The van der Waals surface area contributed by atoms with Crippen molar-refractivity contribution in [1.82, 2.24) is 0 Å². The second kappa shape index (κ2) is 6.21. The summed E-state index contributed by atoms with van der Waals surface area (Å²) >= 11 is 0. The van der Waals surface area contributed by atoms with Crippen LogP contribution in [0.25, 0.3) is 0 Å². The van der Waals surface area contributed by atoms with E-state index in [0.717, 1.165) is 12.1 Å². The maximum absolute atomic E-state index is 13.2. The van der Waals surface area contributed by atoms with E-state index in [1.807, 2.05) is 0 Å². The maximum atomic E-state index is 13.2. The maximum Gasteiger partial charge on any atom is 0.342 e. The van der Waals surface area contributed by atoms with Crippen molar-refractivity contribution >= 4 is 11.7 Å². The molecule has 2 aromatic carbocycles. The van der Waals surface area contributed by atoms with Crippen LogP contribution in [0.2, 0.25) is 0 Å². The number of rotatable bonds is 4. The van der Waals surface area contributed by atoms with Gasteiger partial charge in [0.2, 0.25) is 0 Å². The molecule has 0 aliphatic rings. The van der Waals surface area contributed by atoms with Crippen LogP contribution in [0.3, 0.4) is 0 Å². The minimum Gasteiger partial charge on any atom is -0.462 e. The molecule has 110 valence electrons. The molecule has 6 heteroatoms. The van der Waals surface area contributed by atoms with E-state index in [0.29, 0.717) is 6.07 Å². The number of ether oxygens (including phenoxy) is 2. The third-order valence-corrected chi connectivity index (χ3v) is 2.60. The summed E-state index contributed by atoms with van der Waals surface area (Å²) in [7, 11) is 0. The van der Waals surface area contributed by atoms with Crippen molar-refractivity contribution in [2.75, 3.05) is 12.3 Å². The summed E-state index contributed by atoms with van der Waals surface area (Å²) in [5.41, 5.74) is 6.00. The number of nitrogen functional groups attached to an aromatic ring is 1. The predicted molar refractivity (Wildman–Crippen MR) is 73.2 cm³/mol. The molecule has 0 unspecified atom stereocenters. The number of para-hydroxylation sites is 1. The Kier molecular flexibility index (Phi) is 4.37. The van der Waals surface area contributed by atoms with E-state index in [9.17, 15) is 13.6 Å². The van der Waals surface area contributed by atoms with Gasteiger partial charge in [0.05, 0.1) is 12.3 Å². The van der Waals surface area contributed by atoms with Gasteiger partial charge in [-0.3, -0.25) is 0 Å². The van der Waals surface area contributed by atoms with Crippen LogP contribution in [-0.4, -0.2) is 12.6 Å². The SMILES string of the molecule is CCOC(=O)c1cccc(N)c1Oc1cc(F)cc(F)c1. The first-order valence-electron chi connectivity index (χ1n) is 6.20. The van der Waals surface area contributed by atoms with Gasteiger partial charge >= 0.3 is 5.97 Å². The fourth-order valence-corrected chi connectivity index (χ4v) is 1.74. The number of hydrogen-bond donors (Lipinski definition) is 1. The van der Waals surface area contributed by atoms with E-state index in [-0.39, 0.29) is 29.4 Å². The number of nitrogens with two attached hydrogens (primary N) is 1. The summed E-state index contributed by atoms with van der Waals surface area (Å²) in [4.78, 5) is 11.8. The number of carbonyl (C=O) groups is 1. The fourth-order valence-electron chi connectivity index (χ4n) is 1.74. The quantitative estimate of drug-likeness (QED) is 0.692. The summed E-state index contributed by atoms with van der Waals surface area (Å²) in [5.74, 6) is -2.32. The zero-order valence-electron chi connectivity index (χ0n) is 11.2. The van der Waals surface area contributed by atoms with Gasteiger partial charge in [-0.2, -0.15) is 0 Å². The van der Waals surface area contributed by atoms with Gasteiger partial charge in [0.15, 0.2) is 5.75 Å². The van der Waals surface area contributed by atoms with Crippen LogP contribution in [0, 0.1) is 11.6 Å². The Morgan fingerprint density at radius 2 is 1.86 bits per heavy atom. The van der Waals surface area contributed by atoms with Crippen LogP contribution in [0.1, 0.15) is 17.3 Å². The molecule has 0 aliphatic carbocycles. The van der Waals surface area contributed by atoms with Gasteiger partial charge in [-0.15, -0.1) is 0 Å². The first kappa shape index (κ1) is 14.8. The van der Waals surface area contributed by atoms with Gasteiger partial charge in [-0.25, -0.2) is 13.6 Å². The molecule has 0 saturated carbocycles. The molecule has 2 rings (SSSR count). The zero-order chi connectivity index (χ0) is 15.4. The topological polar surface area (TPSA) is 61.5 Å². The Balaban J connectivity index is 2.41. The zero-order valence-corrected chi connectivity index (χ0v) is 11.2. The Labute approximate surface area is 120 Å². The second-order valence-corrected chi connectivity index (χ2v) is 4.15. The molecule has 0 fully saturated rings. The van der Waals surface area contributed by atoms with Gasteiger partial charge in [-0.05, 0) is 19.1 Å². The third-order valence-electron chi connectivity index (χ3n) is 2.60. The highest BCUT2D eigenvalue weighted by Gasteiger charge is 2.17. The number of hydrogen-bond acceptors (Lipinski definition) is 4. The van der Waals surface area contributed by atoms with Crippen LogP contribution in [0.15, 0.2) is 36.4 Å². The van der Waals surface area contributed by atoms with E-state index in [1.54, 1.807) is 13.0 Å². The highest BCUT2D eigenvalue weighted by Crippen LogP contribution is 2.32. The molecule has 4 nitrogen and oxygen atoms in total. The minimum absolute atomic E-state index is 0.000880. The molecular formula is C15H13F2NO3. The summed E-state index contributed by atoms with van der Waals surface area (Å²) in [5, 5.41) is 0. The van der Waals surface area contributed by atoms with Crippen molar-refractivity contribution in [3.63, 3.8) is 0 Å². The fraction of sp³-hybridized carbons (Fsp3) is 0.133. The van der Waals surface area contributed by atoms with Gasteiger partial charge < -0.3 is 15.2 Å². The van der Waals surface area contributed by atoms with Crippen LogP contribution in [0.4, 0.5) is 14.5 Å². The summed E-state index contributed by atoms with van der Waals surface area (Å²) in [6, 6.07) is 7.22. The molecule has 0 heterocycles. The largest absolute Gasteiger partial charge is 0.462 e. The molecular weight excluding hydrogens is 280 g/mol. The lowest BCUT2D eigenvalue weighted by molar-refractivity contribution is 0.0523. The lowest BCUT2D eigenvalue weighted by Gasteiger charge is -2.13. The molecule has 0 amide bonds. The van der Waals surface area contributed by atoms with E-state index in [1.165, 1.54) is 12.1 Å². The Morgan fingerprint density at radius 3 is 2.48 bits per heavy atom. The molecule has 0 aromatic heterocycles. The summed E-state index contributed by atoms with van der Waals surface area (Å²) in [6.45, 7) is 1.84. The highest BCUT2D eigenvalue weighted by molar-refractivity contribution is 5.94. The van der Waals surface area contributed by atoms with Crippen molar-refractivity contribution in [3.05, 3.63) is 53.6 Å². The third kappa shape index (κ3) is 3.47. The Hall–Kier alpha value is -2.63. The summed E-state index contributed by atoms with van der Waals surface area (Å²) in [6.07, 6.45) is 0. The van der Waals surface area contributed by atoms with Crippen molar-refractivity contribution in [1.29, 1.82) is 0 Å². The molecule has 0 saturated heterocycles. The van der Waals surface area contributed by atoms with Crippen molar-refractivity contribution in [2.45, 2.75) is 6.92 Å². The molecule has 0 radical (unpaired) electrons. The summed E-state index contributed by atoms with van der Waals surface area (Å²) < 4.78 is 36.6. The molecule has 2 N–H and O–H groups in total. The Morgan fingerprint density at radius 1 is 1.19 bits per heavy atom. The van der Waals surface area contributed by atoms with Crippen molar-refractivity contribution < 1.29 is 23.0 Å². The first-order valence-corrected chi connectivity index (χ1v) is 6.20. The van der Waals surface area contributed by atoms with Gasteiger partial charge in [-0.1, -0.05) is 6.07 Å². The standard InChI is InChI=1S/C15H13F2NO3/c1-2-20-15(19)12-4-3-5-13(18)14(12)21-11-7-9(16)6-10(17)8-11/h3-8H,2,18H2,1H3. The van der Waals surface area contributed by atoms with Crippen molar-refractivity contribution in [2.24, 2.45) is 0 Å². The molecule has 0 aliphatic heterocycles.